The summed E-state index contributed by atoms with van der Waals surface area (Å²) in [5, 5.41) is 3.01. The zero-order valence-electron chi connectivity index (χ0n) is 11.9. The number of likely N-dealkylation sites (tertiary alicyclic amines) is 1. The third-order valence-electron chi connectivity index (χ3n) is 4.45. The molecule has 0 bridgehead atoms. The summed E-state index contributed by atoms with van der Waals surface area (Å²) >= 11 is 0. The van der Waals surface area contributed by atoms with Crippen LogP contribution < -0.4 is 5.32 Å². The van der Waals surface area contributed by atoms with E-state index in [2.05, 4.69) is 11.4 Å². The zero-order valence-corrected chi connectivity index (χ0v) is 11.9. The van der Waals surface area contributed by atoms with Crippen molar-refractivity contribution in [3.63, 3.8) is 0 Å². The Hall–Kier alpha value is -1.65. The number of hydrogen-bond donors (Lipinski definition) is 1. The fraction of sp³-hybridized carbons (Fsp3) is 0.562. The normalized spacial score (nSPS) is 24.3. The molecule has 1 saturated heterocycles. The molecule has 1 aromatic rings. The number of aryl methyl sites for hydroxylation is 1. The second-order valence-electron chi connectivity index (χ2n) is 5.94. The number of carbonyl (C=O) groups excluding carboxylic acids is 1. The molecular formula is C16H20F2N2O. The van der Waals surface area contributed by atoms with Crippen molar-refractivity contribution in [2.75, 3.05) is 13.1 Å². The van der Waals surface area contributed by atoms with E-state index in [1.807, 2.05) is 18.2 Å². The minimum Gasteiger partial charge on any atom is -0.331 e. The lowest BCUT2D eigenvalue weighted by Crippen LogP contribution is -2.48. The number of nitrogens with zero attached hydrogens (tertiary/aromatic N) is 1. The average molecular weight is 294 g/mol. The summed E-state index contributed by atoms with van der Waals surface area (Å²) in [5.41, 5.74) is 2.44. The Morgan fingerprint density at radius 3 is 2.71 bits per heavy atom. The first-order valence-corrected chi connectivity index (χ1v) is 7.56. The van der Waals surface area contributed by atoms with Crippen LogP contribution in [0.2, 0.25) is 0 Å². The number of fused-ring (bicyclic) bond motifs is 1. The zero-order chi connectivity index (χ0) is 14.9. The van der Waals surface area contributed by atoms with Crippen molar-refractivity contribution in [3.8, 4) is 0 Å². The van der Waals surface area contributed by atoms with Gasteiger partial charge in [0.25, 0.3) is 5.92 Å². The fourth-order valence-corrected chi connectivity index (χ4v) is 3.18. The van der Waals surface area contributed by atoms with Crippen molar-refractivity contribution < 1.29 is 13.6 Å². The van der Waals surface area contributed by atoms with Gasteiger partial charge in [-0.05, 0) is 30.4 Å². The number of hydrogen-bond acceptors (Lipinski definition) is 1. The van der Waals surface area contributed by atoms with E-state index < -0.39 is 5.92 Å². The van der Waals surface area contributed by atoms with E-state index in [4.69, 9.17) is 0 Å². The highest BCUT2D eigenvalue weighted by Crippen LogP contribution is 2.31. The first kappa shape index (κ1) is 14.3. The van der Waals surface area contributed by atoms with Gasteiger partial charge in [-0.1, -0.05) is 24.3 Å². The van der Waals surface area contributed by atoms with Crippen molar-refractivity contribution in [1.82, 2.24) is 10.2 Å². The smallest absolute Gasteiger partial charge is 0.317 e. The number of carbonyl (C=O) groups is 1. The summed E-state index contributed by atoms with van der Waals surface area (Å²) in [7, 11) is 0. The number of rotatable bonds is 1. The van der Waals surface area contributed by atoms with Gasteiger partial charge in [0.1, 0.15) is 0 Å². The number of piperidine rings is 1. The molecule has 2 aliphatic rings. The van der Waals surface area contributed by atoms with Crippen LogP contribution >= 0.6 is 0 Å². The van der Waals surface area contributed by atoms with Gasteiger partial charge in [-0.3, -0.25) is 0 Å². The van der Waals surface area contributed by atoms with E-state index in [1.54, 1.807) is 0 Å². The largest absolute Gasteiger partial charge is 0.331 e. The van der Waals surface area contributed by atoms with Gasteiger partial charge in [0.2, 0.25) is 0 Å². The van der Waals surface area contributed by atoms with Crippen LogP contribution in [0.15, 0.2) is 24.3 Å². The molecule has 3 rings (SSSR count). The molecule has 21 heavy (non-hydrogen) atoms. The lowest BCUT2D eigenvalue weighted by Gasteiger charge is -2.34. The molecule has 114 valence electrons. The molecule has 1 fully saturated rings. The Bertz CT molecular complexity index is 523. The summed E-state index contributed by atoms with van der Waals surface area (Å²) in [6, 6.07) is 7.91. The Kier molecular flexibility index (Phi) is 3.83. The van der Waals surface area contributed by atoms with Crippen LogP contribution in [0.5, 0.6) is 0 Å². The lowest BCUT2D eigenvalue weighted by atomic mass is 9.88. The van der Waals surface area contributed by atoms with Gasteiger partial charge in [-0.2, -0.15) is 0 Å². The predicted molar refractivity (Wildman–Crippen MR) is 76.4 cm³/mol. The number of alkyl halides is 2. The molecule has 0 radical (unpaired) electrons. The van der Waals surface area contributed by atoms with Gasteiger partial charge in [0.15, 0.2) is 0 Å². The Morgan fingerprint density at radius 1 is 1.24 bits per heavy atom. The standard InChI is InChI=1S/C16H20F2N2O/c17-16(18)8-10-20(11-9-16)15(21)19-14-7-3-5-12-4-1-2-6-13(12)14/h1-2,4,6,14H,3,5,7-11H2,(H,19,21). The molecule has 5 heteroatoms. The Balaban J connectivity index is 1.64. The molecule has 0 spiro atoms. The second-order valence-corrected chi connectivity index (χ2v) is 5.94. The molecule has 1 unspecified atom stereocenters. The van der Waals surface area contributed by atoms with E-state index in [-0.39, 0.29) is 38.0 Å². The molecule has 0 saturated carbocycles. The maximum atomic E-state index is 13.1. The third kappa shape index (κ3) is 3.17. The van der Waals surface area contributed by atoms with Crippen molar-refractivity contribution in [2.24, 2.45) is 0 Å². The highest BCUT2D eigenvalue weighted by atomic mass is 19.3. The molecule has 1 aromatic carbocycles. The van der Waals surface area contributed by atoms with Crippen LogP contribution in [-0.4, -0.2) is 29.9 Å². The Morgan fingerprint density at radius 2 is 1.95 bits per heavy atom. The van der Waals surface area contributed by atoms with Gasteiger partial charge in [0.05, 0.1) is 6.04 Å². The van der Waals surface area contributed by atoms with E-state index in [0.717, 1.165) is 19.3 Å². The minimum atomic E-state index is -2.62. The summed E-state index contributed by atoms with van der Waals surface area (Å²) in [6.07, 6.45) is 2.52. The highest BCUT2D eigenvalue weighted by molar-refractivity contribution is 5.75. The SMILES string of the molecule is O=C(NC1CCCc2ccccc21)N1CCC(F)(F)CC1. The van der Waals surface area contributed by atoms with Crippen LogP contribution in [0.3, 0.4) is 0 Å². The first-order chi connectivity index (χ1) is 10.1. The molecule has 3 nitrogen and oxygen atoms in total. The van der Waals surface area contributed by atoms with Crippen molar-refractivity contribution in [1.29, 1.82) is 0 Å². The van der Waals surface area contributed by atoms with E-state index in [1.165, 1.54) is 16.0 Å². The number of benzene rings is 1. The van der Waals surface area contributed by atoms with Crippen LogP contribution in [0.25, 0.3) is 0 Å². The van der Waals surface area contributed by atoms with Gasteiger partial charge in [-0.25, -0.2) is 13.6 Å². The van der Waals surface area contributed by atoms with Gasteiger partial charge >= 0.3 is 6.03 Å². The van der Waals surface area contributed by atoms with Crippen molar-refractivity contribution in [3.05, 3.63) is 35.4 Å². The number of nitrogens with one attached hydrogen (secondary N) is 1. The van der Waals surface area contributed by atoms with Gasteiger partial charge in [-0.15, -0.1) is 0 Å². The topological polar surface area (TPSA) is 32.3 Å². The summed E-state index contributed by atoms with van der Waals surface area (Å²) in [4.78, 5) is 13.8. The van der Waals surface area contributed by atoms with Crippen molar-refractivity contribution >= 4 is 6.03 Å². The number of amides is 2. The molecule has 2 amide bonds. The fourth-order valence-electron chi connectivity index (χ4n) is 3.18. The van der Waals surface area contributed by atoms with Crippen LogP contribution in [0, 0.1) is 0 Å². The average Bonchev–Trinajstić information content (AvgIpc) is 2.47. The van der Waals surface area contributed by atoms with Gasteiger partial charge < -0.3 is 10.2 Å². The summed E-state index contributed by atoms with van der Waals surface area (Å²) in [6.45, 7) is 0.264. The van der Waals surface area contributed by atoms with Crippen LogP contribution in [0.1, 0.15) is 42.9 Å². The number of halogens is 2. The highest BCUT2D eigenvalue weighted by Gasteiger charge is 2.36. The third-order valence-corrected chi connectivity index (χ3v) is 4.45. The quantitative estimate of drug-likeness (QED) is 0.844. The molecule has 1 aliphatic carbocycles. The molecule has 1 heterocycles. The van der Waals surface area contributed by atoms with E-state index >= 15 is 0 Å². The number of urea groups is 1. The lowest BCUT2D eigenvalue weighted by molar-refractivity contribution is -0.0471. The van der Waals surface area contributed by atoms with E-state index in [9.17, 15) is 13.6 Å². The maximum absolute atomic E-state index is 13.1. The van der Waals surface area contributed by atoms with E-state index in [0.29, 0.717) is 0 Å². The summed E-state index contributed by atoms with van der Waals surface area (Å²) in [5.74, 6) is -2.62. The van der Waals surface area contributed by atoms with Gasteiger partial charge in [0, 0.05) is 25.9 Å². The molecule has 1 N–H and O–H groups in total. The van der Waals surface area contributed by atoms with Crippen LogP contribution in [0.4, 0.5) is 13.6 Å². The first-order valence-electron chi connectivity index (χ1n) is 7.56. The molecule has 0 aromatic heterocycles. The molecule has 1 atom stereocenters. The van der Waals surface area contributed by atoms with Crippen LogP contribution in [-0.2, 0) is 6.42 Å². The predicted octanol–water partition coefficient (Wildman–Crippen LogP) is 3.50. The molecule has 1 aliphatic heterocycles. The maximum Gasteiger partial charge on any atom is 0.317 e. The van der Waals surface area contributed by atoms with Crippen molar-refractivity contribution in [2.45, 2.75) is 44.1 Å². The molecular weight excluding hydrogens is 274 g/mol. The Labute approximate surface area is 123 Å². The minimum absolute atomic E-state index is 0.00452. The second kappa shape index (κ2) is 5.62. The summed E-state index contributed by atoms with van der Waals surface area (Å²) < 4.78 is 26.3. The monoisotopic (exact) mass is 294 g/mol.